The van der Waals surface area contributed by atoms with Crippen LogP contribution >= 0.6 is 23.2 Å². The zero-order chi connectivity index (χ0) is 17.1. The number of halogens is 3. The molecule has 0 aliphatic carbocycles. The van der Waals surface area contributed by atoms with Crippen LogP contribution in [0.5, 0.6) is 5.75 Å². The Morgan fingerprint density at radius 3 is 2.78 bits per heavy atom. The molecule has 0 saturated heterocycles. The molecule has 1 unspecified atom stereocenters. The first-order valence-electron chi connectivity index (χ1n) is 6.67. The molecule has 122 valence electrons. The monoisotopic (exact) mass is 356 g/mol. The van der Waals surface area contributed by atoms with Crippen LogP contribution in [-0.4, -0.2) is 17.9 Å². The van der Waals surface area contributed by atoms with E-state index in [2.05, 4.69) is 10.3 Å². The Morgan fingerprint density at radius 2 is 2.13 bits per heavy atom. The van der Waals surface area contributed by atoms with E-state index in [0.29, 0.717) is 11.1 Å². The summed E-state index contributed by atoms with van der Waals surface area (Å²) in [6.45, 7) is 1.67. The van der Waals surface area contributed by atoms with Gasteiger partial charge >= 0.3 is 0 Å². The highest BCUT2D eigenvalue weighted by Gasteiger charge is 2.20. The third-order valence-electron chi connectivity index (χ3n) is 3.21. The second-order valence-corrected chi connectivity index (χ2v) is 5.53. The maximum Gasteiger partial charge on any atom is 0.166 e. The van der Waals surface area contributed by atoms with Gasteiger partial charge in [0.05, 0.1) is 5.02 Å². The molecule has 1 atom stereocenters. The molecule has 4 N–H and O–H groups in total. The van der Waals surface area contributed by atoms with Crippen LogP contribution in [0.15, 0.2) is 24.4 Å². The molecule has 1 heterocycles. The first-order chi connectivity index (χ1) is 10.8. The molecule has 2 rings (SSSR count). The Morgan fingerprint density at radius 1 is 1.43 bits per heavy atom. The second kappa shape index (κ2) is 7.02. The number of nitrogen functional groups attached to an aromatic ring is 1. The van der Waals surface area contributed by atoms with Crippen molar-refractivity contribution in [3.8, 4) is 5.75 Å². The first-order valence-corrected chi connectivity index (χ1v) is 7.43. The molecule has 2 aromatic rings. The van der Waals surface area contributed by atoms with Crippen molar-refractivity contribution in [2.45, 2.75) is 13.0 Å². The lowest BCUT2D eigenvalue weighted by Crippen LogP contribution is -2.18. The zero-order valence-corrected chi connectivity index (χ0v) is 14.0. The number of nitrogens with one attached hydrogen (secondary N) is 2. The highest BCUT2D eigenvalue weighted by molar-refractivity contribution is 6.36. The molecule has 0 saturated carbocycles. The van der Waals surface area contributed by atoms with E-state index in [0.717, 1.165) is 0 Å². The van der Waals surface area contributed by atoms with E-state index >= 15 is 0 Å². The SMILES string of the molecule is CNC(=N)c1cnc(N)c(OC(C)c2c(Cl)ccc(F)c2Cl)c1. The third kappa shape index (κ3) is 3.65. The van der Waals surface area contributed by atoms with Gasteiger partial charge in [0.15, 0.2) is 11.6 Å². The van der Waals surface area contributed by atoms with E-state index in [1.807, 2.05) is 0 Å². The largest absolute Gasteiger partial charge is 0.482 e. The van der Waals surface area contributed by atoms with Gasteiger partial charge < -0.3 is 15.8 Å². The fourth-order valence-electron chi connectivity index (χ4n) is 2.00. The van der Waals surface area contributed by atoms with Gasteiger partial charge in [0.1, 0.15) is 17.8 Å². The summed E-state index contributed by atoms with van der Waals surface area (Å²) in [5, 5.41) is 10.6. The molecular weight excluding hydrogens is 342 g/mol. The Labute approximate surface area is 143 Å². The molecular formula is C15H15Cl2FN4O. The highest BCUT2D eigenvalue weighted by Crippen LogP contribution is 2.35. The number of pyridine rings is 1. The molecule has 0 bridgehead atoms. The van der Waals surface area contributed by atoms with Gasteiger partial charge in [0, 0.05) is 29.4 Å². The van der Waals surface area contributed by atoms with Crippen LogP contribution in [-0.2, 0) is 0 Å². The molecule has 23 heavy (non-hydrogen) atoms. The average molecular weight is 357 g/mol. The summed E-state index contributed by atoms with van der Waals surface area (Å²) in [6, 6.07) is 4.16. The minimum absolute atomic E-state index is 0.101. The zero-order valence-electron chi connectivity index (χ0n) is 12.5. The Hall–Kier alpha value is -2.05. The Kier molecular flexibility index (Phi) is 5.28. The summed E-state index contributed by atoms with van der Waals surface area (Å²) in [7, 11) is 1.62. The van der Waals surface area contributed by atoms with Crippen molar-refractivity contribution in [3.63, 3.8) is 0 Å². The number of anilines is 1. The quantitative estimate of drug-likeness (QED) is 0.442. The maximum atomic E-state index is 13.6. The molecule has 1 aromatic carbocycles. The van der Waals surface area contributed by atoms with E-state index in [-0.39, 0.29) is 27.4 Å². The van der Waals surface area contributed by atoms with Crippen LogP contribution in [0.25, 0.3) is 0 Å². The standard InChI is InChI=1S/C15H15Cl2FN4O/c1-7(12-9(16)3-4-10(18)13(12)17)23-11-5-8(14(19)21-2)6-22-15(11)20/h3-7H,1-2H3,(H2,19,21)(H2,20,22). The number of ether oxygens (including phenoxy) is 1. The van der Waals surface area contributed by atoms with Crippen molar-refractivity contribution >= 4 is 34.9 Å². The average Bonchev–Trinajstić information content (AvgIpc) is 2.52. The molecule has 0 aliphatic rings. The van der Waals surface area contributed by atoms with Crippen molar-refractivity contribution in [1.82, 2.24) is 10.3 Å². The number of benzene rings is 1. The van der Waals surface area contributed by atoms with Gasteiger partial charge in [0.2, 0.25) is 0 Å². The molecule has 0 fully saturated rings. The summed E-state index contributed by atoms with van der Waals surface area (Å²) in [5.41, 5.74) is 6.62. The van der Waals surface area contributed by atoms with Crippen molar-refractivity contribution in [3.05, 3.63) is 51.4 Å². The van der Waals surface area contributed by atoms with Gasteiger partial charge in [-0.2, -0.15) is 0 Å². The topological polar surface area (TPSA) is 84.0 Å². The molecule has 1 aromatic heterocycles. The van der Waals surface area contributed by atoms with Crippen molar-refractivity contribution < 1.29 is 9.13 Å². The highest BCUT2D eigenvalue weighted by atomic mass is 35.5. The smallest absolute Gasteiger partial charge is 0.166 e. The van der Waals surface area contributed by atoms with Crippen molar-refractivity contribution in [2.24, 2.45) is 0 Å². The lowest BCUT2D eigenvalue weighted by atomic mass is 10.1. The predicted octanol–water partition coefficient (Wildman–Crippen LogP) is 3.79. The number of nitrogens with two attached hydrogens (primary N) is 1. The van der Waals surface area contributed by atoms with Crippen LogP contribution < -0.4 is 15.8 Å². The molecule has 0 amide bonds. The molecule has 0 spiro atoms. The number of aromatic nitrogens is 1. The van der Waals surface area contributed by atoms with Gasteiger partial charge in [-0.1, -0.05) is 23.2 Å². The number of nitrogens with zero attached hydrogens (tertiary/aromatic N) is 1. The first kappa shape index (κ1) is 17.3. The third-order valence-corrected chi connectivity index (χ3v) is 3.92. The van der Waals surface area contributed by atoms with Gasteiger partial charge in [-0.15, -0.1) is 0 Å². The van der Waals surface area contributed by atoms with Crippen LogP contribution in [0, 0.1) is 11.2 Å². The van der Waals surface area contributed by atoms with Gasteiger partial charge in [-0.3, -0.25) is 5.41 Å². The Bertz CT molecular complexity index is 754. The fraction of sp³-hybridized carbons (Fsp3) is 0.200. The number of hydrogen-bond donors (Lipinski definition) is 3. The van der Waals surface area contributed by atoms with E-state index in [9.17, 15) is 4.39 Å². The summed E-state index contributed by atoms with van der Waals surface area (Å²) in [6.07, 6.45) is 0.794. The molecule has 5 nitrogen and oxygen atoms in total. The molecule has 0 aliphatic heterocycles. The van der Waals surface area contributed by atoms with Gasteiger partial charge in [0.25, 0.3) is 0 Å². The van der Waals surface area contributed by atoms with Crippen molar-refractivity contribution in [1.29, 1.82) is 5.41 Å². The van der Waals surface area contributed by atoms with E-state index < -0.39 is 11.9 Å². The predicted molar refractivity (Wildman–Crippen MR) is 90.0 cm³/mol. The minimum Gasteiger partial charge on any atom is -0.482 e. The second-order valence-electron chi connectivity index (χ2n) is 4.75. The lowest BCUT2D eigenvalue weighted by molar-refractivity contribution is 0.227. The Balaban J connectivity index is 2.36. The number of rotatable bonds is 4. The van der Waals surface area contributed by atoms with Crippen LogP contribution in [0.2, 0.25) is 10.0 Å². The van der Waals surface area contributed by atoms with Crippen molar-refractivity contribution in [2.75, 3.05) is 12.8 Å². The summed E-state index contributed by atoms with van der Waals surface area (Å²) < 4.78 is 19.4. The molecule has 8 heteroatoms. The number of amidine groups is 1. The summed E-state index contributed by atoms with van der Waals surface area (Å²) >= 11 is 12.1. The number of hydrogen-bond acceptors (Lipinski definition) is 4. The van der Waals surface area contributed by atoms with Crippen LogP contribution in [0.1, 0.15) is 24.2 Å². The van der Waals surface area contributed by atoms with E-state index in [1.54, 1.807) is 20.0 Å². The van der Waals surface area contributed by atoms with Gasteiger partial charge in [-0.05, 0) is 25.1 Å². The maximum absolute atomic E-state index is 13.6. The van der Waals surface area contributed by atoms with Gasteiger partial charge in [-0.25, -0.2) is 9.37 Å². The minimum atomic E-state index is -0.659. The fourth-order valence-corrected chi connectivity index (χ4v) is 2.67. The lowest BCUT2D eigenvalue weighted by Gasteiger charge is -2.19. The van der Waals surface area contributed by atoms with E-state index in [1.165, 1.54) is 18.3 Å². The van der Waals surface area contributed by atoms with E-state index in [4.69, 9.17) is 39.1 Å². The van der Waals surface area contributed by atoms with Crippen LogP contribution in [0.3, 0.4) is 0 Å². The molecule has 0 radical (unpaired) electrons. The summed E-state index contributed by atoms with van der Waals surface area (Å²) in [5.74, 6) is -0.0188. The van der Waals surface area contributed by atoms with Crippen LogP contribution in [0.4, 0.5) is 10.2 Å². The normalized spacial score (nSPS) is 11.9. The summed E-state index contributed by atoms with van der Waals surface area (Å²) in [4.78, 5) is 3.99.